The van der Waals surface area contributed by atoms with Crippen molar-refractivity contribution >= 4 is 17.3 Å². The summed E-state index contributed by atoms with van der Waals surface area (Å²) in [5, 5.41) is 18.5. The molecule has 0 aromatic heterocycles. The molecule has 0 aliphatic heterocycles. The molecular formula is C12H8O5. The van der Waals surface area contributed by atoms with Crippen molar-refractivity contribution in [1.29, 1.82) is 0 Å². The molecular weight excluding hydrogens is 224 g/mol. The lowest BCUT2D eigenvalue weighted by atomic mass is 9.90. The fraction of sp³-hybridized carbons (Fsp3) is 0.0833. The van der Waals surface area contributed by atoms with Gasteiger partial charge in [-0.1, -0.05) is 6.07 Å². The topological polar surface area (TPSA) is 91.7 Å². The van der Waals surface area contributed by atoms with Crippen LogP contribution in [0.15, 0.2) is 29.7 Å². The largest absolute Gasteiger partial charge is 0.501 e. The van der Waals surface area contributed by atoms with Gasteiger partial charge in [0.1, 0.15) is 0 Å². The van der Waals surface area contributed by atoms with Crippen LogP contribution in [0.3, 0.4) is 0 Å². The van der Waals surface area contributed by atoms with E-state index >= 15 is 0 Å². The number of hydrogen-bond donors (Lipinski definition) is 2. The van der Waals surface area contributed by atoms with Crippen molar-refractivity contribution < 1.29 is 24.6 Å². The number of hydrogen-bond acceptors (Lipinski definition) is 5. The summed E-state index contributed by atoms with van der Waals surface area (Å²) >= 11 is 0. The molecule has 0 atom stereocenters. The van der Waals surface area contributed by atoms with Gasteiger partial charge in [0.2, 0.25) is 23.1 Å². The van der Waals surface area contributed by atoms with Crippen molar-refractivity contribution in [2.75, 3.05) is 0 Å². The van der Waals surface area contributed by atoms with E-state index < -0.39 is 23.1 Å². The highest BCUT2D eigenvalue weighted by molar-refractivity contribution is 6.25. The summed E-state index contributed by atoms with van der Waals surface area (Å²) in [7, 11) is 0. The highest BCUT2D eigenvalue weighted by Crippen LogP contribution is 2.24. The molecule has 1 aromatic rings. The Kier molecular flexibility index (Phi) is 2.31. The Labute approximate surface area is 96.0 Å². The number of benzene rings is 1. The molecule has 17 heavy (non-hydrogen) atoms. The lowest BCUT2D eigenvalue weighted by molar-refractivity contribution is 0.0880. The maximum atomic E-state index is 11.6. The zero-order chi connectivity index (χ0) is 12.7. The summed E-state index contributed by atoms with van der Waals surface area (Å²) in [4.78, 5) is 34.3. The number of ketones is 3. The Morgan fingerprint density at radius 3 is 2.06 bits per heavy atom. The van der Waals surface area contributed by atoms with E-state index in [1.165, 1.54) is 25.1 Å². The zero-order valence-corrected chi connectivity index (χ0v) is 8.85. The molecule has 0 heterocycles. The number of rotatable bonds is 1. The normalized spacial score (nSPS) is 14.9. The smallest absolute Gasteiger partial charge is 0.232 e. The van der Waals surface area contributed by atoms with E-state index in [1.54, 1.807) is 0 Å². The molecule has 1 aromatic carbocycles. The molecule has 0 fully saturated rings. The van der Waals surface area contributed by atoms with E-state index in [0.29, 0.717) is 0 Å². The molecule has 1 aliphatic rings. The standard InChI is InChI=1S/C12H8O5/c1-5(13)6-2-3-7-8(4-6)10(15)12(17)11(16)9(7)14/h2-4,16-17H,1H3. The molecule has 0 amide bonds. The fourth-order valence-corrected chi connectivity index (χ4v) is 1.62. The van der Waals surface area contributed by atoms with E-state index in [2.05, 4.69) is 0 Å². The van der Waals surface area contributed by atoms with Gasteiger partial charge in [-0.2, -0.15) is 0 Å². The van der Waals surface area contributed by atoms with E-state index in [-0.39, 0.29) is 22.5 Å². The van der Waals surface area contributed by atoms with E-state index in [0.717, 1.165) is 0 Å². The third-order valence-corrected chi connectivity index (χ3v) is 2.57. The molecule has 1 aliphatic carbocycles. The second-order valence-electron chi connectivity index (χ2n) is 3.67. The number of aliphatic hydroxyl groups excluding tert-OH is 2. The monoisotopic (exact) mass is 232 g/mol. The Morgan fingerprint density at radius 1 is 1.00 bits per heavy atom. The number of allylic oxidation sites excluding steroid dienone is 2. The lowest BCUT2D eigenvalue weighted by Crippen LogP contribution is -2.22. The molecule has 0 radical (unpaired) electrons. The first kappa shape index (κ1) is 11.1. The number of fused-ring (bicyclic) bond motifs is 1. The molecule has 0 unspecified atom stereocenters. The molecule has 5 heteroatoms. The van der Waals surface area contributed by atoms with Crippen molar-refractivity contribution in [2.24, 2.45) is 0 Å². The summed E-state index contributed by atoms with van der Waals surface area (Å²) < 4.78 is 0. The minimum atomic E-state index is -0.983. The van der Waals surface area contributed by atoms with Gasteiger partial charge in [0.25, 0.3) is 0 Å². The molecule has 5 nitrogen and oxygen atoms in total. The number of Topliss-reactive ketones (excluding diaryl/α,β-unsaturated/α-hetero) is 3. The maximum Gasteiger partial charge on any atom is 0.232 e. The summed E-state index contributed by atoms with van der Waals surface area (Å²) in [6, 6.07) is 3.91. The van der Waals surface area contributed by atoms with Crippen LogP contribution in [0.1, 0.15) is 38.0 Å². The molecule has 0 bridgehead atoms. The van der Waals surface area contributed by atoms with Crippen LogP contribution in [0.25, 0.3) is 0 Å². The van der Waals surface area contributed by atoms with Gasteiger partial charge in [0.05, 0.1) is 0 Å². The van der Waals surface area contributed by atoms with E-state index in [9.17, 15) is 24.6 Å². The van der Waals surface area contributed by atoms with Gasteiger partial charge < -0.3 is 10.2 Å². The van der Waals surface area contributed by atoms with Crippen LogP contribution in [-0.4, -0.2) is 27.6 Å². The van der Waals surface area contributed by atoms with Gasteiger partial charge in [-0.25, -0.2) is 0 Å². The first-order chi connectivity index (χ1) is 7.93. The van der Waals surface area contributed by atoms with Gasteiger partial charge >= 0.3 is 0 Å². The van der Waals surface area contributed by atoms with Crippen LogP contribution in [0.5, 0.6) is 0 Å². The second-order valence-corrected chi connectivity index (χ2v) is 3.67. The lowest BCUT2D eigenvalue weighted by Gasteiger charge is -2.14. The third-order valence-electron chi connectivity index (χ3n) is 2.57. The zero-order valence-electron chi connectivity index (χ0n) is 8.85. The molecule has 0 saturated carbocycles. The average Bonchev–Trinajstić information content (AvgIpc) is 2.32. The average molecular weight is 232 g/mol. The van der Waals surface area contributed by atoms with Crippen LogP contribution in [0.4, 0.5) is 0 Å². The van der Waals surface area contributed by atoms with Crippen LogP contribution in [0, 0.1) is 0 Å². The Hall–Kier alpha value is -2.43. The summed E-state index contributed by atoms with van der Waals surface area (Å²) in [6.45, 7) is 1.32. The van der Waals surface area contributed by atoms with Crippen molar-refractivity contribution in [2.45, 2.75) is 6.92 Å². The van der Waals surface area contributed by atoms with Gasteiger partial charge in [-0.3, -0.25) is 14.4 Å². The summed E-state index contributed by atoms with van der Waals surface area (Å²) in [5.41, 5.74) is 0.174. The van der Waals surface area contributed by atoms with Gasteiger partial charge in [-0.05, 0) is 19.1 Å². The molecule has 0 spiro atoms. The molecule has 2 N–H and O–H groups in total. The van der Waals surface area contributed by atoms with Gasteiger partial charge in [0.15, 0.2) is 5.78 Å². The van der Waals surface area contributed by atoms with Crippen LogP contribution in [0.2, 0.25) is 0 Å². The van der Waals surface area contributed by atoms with E-state index in [4.69, 9.17) is 0 Å². The van der Waals surface area contributed by atoms with Crippen molar-refractivity contribution in [3.05, 3.63) is 46.4 Å². The molecule has 86 valence electrons. The number of carbonyl (C=O) groups is 3. The van der Waals surface area contributed by atoms with Crippen molar-refractivity contribution in [3.63, 3.8) is 0 Å². The highest BCUT2D eigenvalue weighted by atomic mass is 16.3. The number of carbonyl (C=O) groups excluding carboxylic acids is 3. The fourth-order valence-electron chi connectivity index (χ4n) is 1.62. The first-order valence-electron chi connectivity index (χ1n) is 4.80. The van der Waals surface area contributed by atoms with Crippen molar-refractivity contribution in [3.8, 4) is 0 Å². The maximum absolute atomic E-state index is 11.6. The molecule has 2 rings (SSSR count). The Morgan fingerprint density at radius 2 is 1.53 bits per heavy atom. The highest BCUT2D eigenvalue weighted by Gasteiger charge is 2.32. The third kappa shape index (κ3) is 1.52. The quantitative estimate of drug-likeness (QED) is 0.717. The molecule has 0 saturated heterocycles. The van der Waals surface area contributed by atoms with Gasteiger partial charge in [0, 0.05) is 16.7 Å². The van der Waals surface area contributed by atoms with E-state index in [1.807, 2.05) is 0 Å². The minimum Gasteiger partial charge on any atom is -0.501 e. The Balaban J connectivity index is 2.69. The first-order valence-corrected chi connectivity index (χ1v) is 4.80. The van der Waals surface area contributed by atoms with Gasteiger partial charge in [-0.15, -0.1) is 0 Å². The SMILES string of the molecule is CC(=O)c1ccc2c(c1)C(=O)C(O)=C(O)C2=O. The predicted octanol–water partition coefficient (Wildman–Crippen LogP) is 1.60. The van der Waals surface area contributed by atoms with Crippen LogP contribution in [-0.2, 0) is 0 Å². The van der Waals surface area contributed by atoms with Crippen molar-refractivity contribution in [1.82, 2.24) is 0 Å². The summed E-state index contributed by atoms with van der Waals surface area (Å²) in [5.74, 6) is -3.89. The predicted molar refractivity (Wildman–Crippen MR) is 57.4 cm³/mol. The number of aliphatic hydroxyl groups is 2. The Bertz CT molecular complexity index is 595. The van der Waals surface area contributed by atoms with Crippen LogP contribution < -0.4 is 0 Å². The minimum absolute atomic E-state index is 0.0182. The summed E-state index contributed by atoms with van der Waals surface area (Å²) in [6.07, 6.45) is 0. The second kappa shape index (κ2) is 3.55. The van der Waals surface area contributed by atoms with Crippen LogP contribution >= 0.6 is 0 Å².